The number of thiophene rings is 1. The monoisotopic (exact) mass is 378 g/mol. The highest BCUT2D eigenvalue weighted by atomic mass is 79.9. The molecule has 110 valence electrons. The molecule has 5 nitrogen and oxygen atoms in total. The Balaban J connectivity index is 2.32. The Bertz CT molecular complexity index is 636. The van der Waals surface area contributed by atoms with E-state index in [2.05, 4.69) is 28.9 Å². The number of rotatable bonds is 3. The highest BCUT2D eigenvalue weighted by molar-refractivity contribution is 9.10. The van der Waals surface area contributed by atoms with Crippen LogP contribution in [0.1, 0.15) is 31.1 Å². The van der Waals surface area contributed by atoms with E-state index in [1.807, 2.05) is 11.0 Å². The lowest BCUT2D eigenvalue weighted by atomic mass is 10.00. The van der Waals surface area contributed by atoms with Crippen LogP contribution in [0.2, 0.25) is 0 Å². The van der Waals surface area contributed by atoms with Gasteiger partial charge in [0, 0.05) is 17.1 Å². The number of halogens is 1. The van der Waals surface area contributed by atoms with Crippen LogP contribution in [0.15, 0.2) is 10.5 Å². The summed E-state index contributed by atoms with van der Waals surface area (Å²) in [6.07, 6.45) is 2.10. The third kappa shape index (κ3) is 3.17. The van der Waals surface area contributed by atoms with E-state index < -0.39 is 15.4 Å². The van der Waals surface area contributed by atoms with E-state index >= 15 is 0 Å². The zero-order chi connectivity index (χ0) is 14.9. The van der Waals surface area contributed by atoms with Crippen LogP contribution in [-0.2, 0) is 10.1 Å². The predicted octanol–water partition coefficient (Wildman–Crippen LogP) is 3.02. The molecule has 1 aromatic heterocycles. The first-order chi connectivity index (χ1) is 9.36. The molecular formula is C12H15BrN2O3S2. The molecule has 0 spiro atoms. The van der Waals surface area contributed by atoms with Gasteiger partial charge in [0.05, 0.1) is 5.00 Å². The molecule has 8 heteroatoms. The number of nitrogens with zero attached hydrogens (tertiary/aromatic N) is 2. The van der Waals surface area contributed by atoms with Gasteiger partial charge in [-0.15, -0.1) is 11.3 Å². The van der Waals surface area contributed by atoms with Gasteiger partial charge in [-0.3, -0.25) is 4.55 Å². The van der Waals surface area contributed by atoms with Crippen molar-refractivity contribution >= 4 is 42.4 Å². The smallest absolute Gasteiger partial charge is 0.269 e. The minimum absolute atomic E-state index is 0.241. The van der Waals surface area contributed by atoms with Crippen molar-refractivity contribution in [3.05, 3.63) is 15.4 Å². The average Bonchev–Trinajstić information content (AvgIpc) is 2.78. The Hall–Kier alpha value is -0.620. The SMILES string of the molecule is CCC1CCC(S(=O)(=O)O)CN1c1cc(Br)c(C#N)s1. The molecule has 2 atom stereocenters. The van der Waals surface area contributed by atoms with Crippen LogP contribution >= 0.6 is 27.3 Å². The van der Waals surface area contributed by atoms with Gasteiger partial charge in [0.1, 0.15) is 16.2 Å². The Labute approximate surface area is 131 Å². The second-order valence-electron chi connectivity index (χ2n) is 4.80. The quantitative estimate of drug-likeness (QED) is 0.817. The van der Waals surface area contributed by atoms with E-state index in [-0.39, 0.29) is 12.6 Å². The first-order valence-corrected chi connectivity index (χ1v) is 9.40. The van der Waals surface area contributed by atoms with Crippen molar-refractivity contribution in [2.45, 2.75) is 37.5 Å². The van der Waals surface area contributed by atoms with E-state index in [9.17, 15) is 13.0 Å². The molecule has 0 aliphatic carbocycles. The van der Waals surface area contributed by atoms with Crippen LogP contribution in [0, 0.1) is 11.3 Å². The summed E-state index contributed by atoms with van der Waals surface area (Å²) in [6, 6.07) is 4.19. The van der Waals surface area contributed by atoms with Crippen molar-refractivity contribution in [2.24, 2.45) is 0 Å². The Morgan fingerprint density at radius 1 is 1.60 bits per heavy atom. The fraction of sp³-hybridized carbons (Fsp3) is 0.583. The minimum atomic E-state index is -4.02. The lowest BCUT2D eigenvalue weighted by molar-refractivity contribution is 0.411. The van der Waals surface area contributed by atoms with Gasteiger partial charge < -0.3 is 4.90 Å². The van der Waals surface area contributed by atoms with Crippen LogP contribution < -0.4 is 4.90 Å². The summed E-state index contributed by atoms with van der Waals surface area (Å²) in [5.74, 6) is 0. The standard InChI is InChI=1S/C12H15BrN2O3S2/c1-2-8-3-4-9(20(16,17)18)7-15(8)12-5-10(13)11(6-14)19-12/h5,8-9H,2-4,7H2,1H3,(H,16,17,18). The third-order valence-electron chi connectivity index (χ3n) is 3.61. The number of hydrogen-bond donors (Lipinski definition) is 1. The van der Waals surface area contributed by atoms with E-state index in [1.165, 1.54) is 11.3 Å². The van der Waals surface area contributed by atoms with Gasteiger partial charge in [-0.2, -0.15) is 13.7 Å². The van der Waals surface area contributed by atoms with Crippen molar-refractivity contribution in [1.29, 1.82) is 5.26 Å². The van der Waals surface area contributed by atoms with Crippen molar-refractivity contribution in [2.75, 3.05) is 11.4 Å². The zero-order valence-corrected chi connectivity index (χ0v) is 14.1. The van der Waals surface area contributed by atoms with Gasteiger partial charge in [-0.1, -0.05) is 6.92 Å². The molecule has 2 heterocycles. The maximum absolute atomic E-state index is 11.4. The van der Waals surface area contributed by atoms with E-state index in [4.69, 9.17) is 5.26 Å². The van der Waals surface area contributed by atoms with Gasteiger partial charge in [-0.05, 0) is 41.3 Å². The number of piperidine rings is 1. The van der Waals surface area contributed by atoms with Gasteiger partial charge >= 0.3 is 0 Å². The minimum Gasteiger partial charge on any atom is -0.359 e. The zero-order valence-electron chi connectivity index (χ0n) is 10.9. The van der Waals surface area contributed by atoms with Crippen LogP contribution in [0.25, 0.3) is 0 Å². The molecule has 0 radical (unpaired) electrons. The molecule has 1 N–H and O–H groups in total. The molecule has 0 amide bonds. The lowest BCUT2D eigenvalue weighted by Crippen LogP contribution is -2.47. The largest absolute Gasteiger partial charge is 0.359 e. The van der Waals surface area contributed by atoms with Crippen LogP contribution in [-0.4, -0.2) is 30.8 Å². The van der Waals surface area contributed by atoms with E-state index in [0.29, 0.717) is 11.3 Å². The van der Waals surface area contributed by atoms with Crippen LogP contribution in [0.4, 0.5) is 5.00 Å². The molecule has 1 aliphatic rings. The Morgan fingerprint density at radius 2 is 2.30 bits per heavy atom. The highest BCUT2D eigenvalue weighted by Crippen LogP contribution is 2.37. The predicted molar refractivity (Wildman–Crippen MR) is 82.7 cm³/mol. The van der Waals surface area contributed by atoms with E-state index in [1.54, 1.807) is 0 Å². The van der Waals surface area contributed by atoms with Crippen molar-refractivity contribution in [1.82, 2.24) is 0 Å². The fourth-order valence-corrected chi connectivity index (χ4v) is 4.92. The number of hydrogen-bond acceptors (Lipinski definition) is 5. The molecule has 1 aliphatic heterocycles. The first kappa shape index (κ1) is 15.8. The van der Waals surface area contributed by atoms with Gasteiger partial charge in [0.15, 0.2) is 0 Å². The number of anilines is 1. The average molecular weight is 379 g/mol. The van der Waals surface area contributed by atoms with Crippen molar-refractivity contribution < 1.29 is 13.0 Å². The topological polar surface area (TPSA) is 81.4 Å². The lowest BCUT2D eigenvalue weighted by Gasteiger charge is -2.39. The summed E-state index contributed by atoms with van der Waals surface area (Å²) in [5, 5.41) is 9.13. The normalized spacial score (nSPS) is 23.6. The maximum Gasteiger partial charge on any atom is 0.269 e. The molecule has 1 aromatic rings. The Kier molecular flexibility index (Phi) is 4.74. The van der Waals surface area contributed by atoms with Crippen LogP contribution in [0.5, 0.6) is 0 Å². The molecule has 2 unspecified atom stereocenters. The molecule has 0 aromatic carbocycles. The molecular weight excluding hydrogens is 364 g/mol. The van der Waals surface area contributed by atoms with Crippen molar-refractivity contribution in [3.63, 3.8) is 0 Å². The molecule has 0 bridgehead atoms. The van der Waals surface area contributed by atoms with Crippen LogP contribution in [0.3, 0.4) is 0 Å². The second kappa shape index (κ2) is 6.02. The van der Waals surface area contributed by atoms with Crippen molar-refractivity contribution in [3.8, 4) is 6.07 Å². The molecule has 1 saturated heterocycles. The van der Waals surface area contributed by atoms with Gasteiger partial charge in [0.2, 0.25) is 0 Å². The summed E-state index contributed by atoms with van der Waals surface area (Å²) in [4.78, 5) is 2.57. The summed E-state index contributed by atoms with van der Waals surface area (Å²) in [6.45, 7) is 2.33. The van der Waals surface area contributed by atoms with E-state index in [0.717, 1.165) is 22.3 Å². The third-order valence-corrected chi connectivity index (χ3v) is 6.81. The fourth-order valence-electron chi connectivity index (χ4n) is 2.51. The molecule has 2 rings (SSSR count). The number of nitriles is 1. The summed E-state index contributed by atoms with van der Waals surface area (Å²) in [5.41, 5.74) is 0. The summed E-state index contributed by atoms with van der Waals surface area (Å²) >= 11 is 4.67. The molecule has 20 heavy (non-hydrogen) atoms. The summed E-state index contributed by atoms with van der Waals surface area (Å²) < 4.78 is 32.7. The van der Waals surface area contributed by atoms with Gasteiger partial charge in [0.25, 0.3) is 10.1 Å². The first-order valence-electron chi connectivity index (χ1n) is 6.29. The van der Waals surface area contributed by atoms with Gasteiger partial charge in [-0.25, -0.2) is 0 Å². The maximum atomic E-state index is 11.4. The molecule has 0 saturated carbocycles. The molecule has 1 fully saturated rings. The Morgan fingerprint density at radius 3 is 2.80 bits per heavy atom. The highest BCUT2D eigenvalue weighted by Gasteiger charge is 2.34. The second-order valence-corrected chi connectivity index (χ2v) is 8.38. The summed E-state index contributed by atoms with van der Waals surface area (Å²) in [7, 11) is -4.02.